The molecule has 7 nitrogen and oxygen atoms in total. The zero-order valence-electron chi connectivity index (χ0n) is 15.3. The van der Waals surface area contributed by atoms with E-state index in [9.17, 15) is 9.18 Å². The Labute approximate surface area is 161 Å². The Hall–Kier alpha value is -3.42. The number of allylic oxidation sites excluding steroid dienone is 2. The molecular weight excluding hydrogens is 359 g/mol. The van der Waals surface area contributed by atoms with E-state index < -0.39 is 0 Å². The minimum atomic E-state index is -0.385. The molecule has 1 aliphatic carbocycles. The number of hydrazone groups is 1. The standard InChI is InChI=1S/C20H19FN6O/c1-11-5-6-15(21)12(7-11)8-13(28)9-18-23-10-17(25-26-18)14-3-2-4-16-19(14)20(22)27-24-16/h2-7,10,16,19,24H,8-9H2,1H3,(H2,22,27). The van der Waals surface area contributed by atoms with Crippen LogP contribution in [0.3, 0.4) is 0 Å². The third kappa shape index (κ3) is 3.53. The number of Topliss-reactive ketones (excluding diaryl/α,β-unsaturated/α-hetero) is 1. The van der Waals surface area contributed by atoms with Crippen LogP contribution < -0.4 is 11.2 Å². The van der Waals surface area contributed by atoms with Gasteiger partial charge in [-0.2, -0.15) is 5.10 Å². The summed E-state index contributed by atoms with van der Waals surface area (Å²) >= 11 is 0. The summed E-state index contributed by atoms with van der Waals surface area (Å²) in [6.45, 7) is 1.86. The first-order valence-electron chi connectivity index (χ1n) is 8.94. The molecule has 0 fully saturated rings. The van der Waals surface area contributed by atoms with Crippen LogP contribution in [-0.4, -0.2) is 32.8 Å². The van der Waals surface area contributed by atoms with Gasteiger partial charge < -0.3 is 11.2 Å². The van der Waals surface area contributed by atoms with E-state index in [1.807, 2.05) is 25.2 Å². The highest BCUT2D eigenvalue weighted by molar-refractivity contribution is 5.97. The Morgan fingerprint density at radius 3 is 2.93 bits per heavy atom. The average molecular weight is 378 g/mol. The molecule has 0 radical (unpaired) electrons. The lowest BCUT2D eigenvalue weighted by atomic mass is 9.86. The Morgan fingerprint density at radius 1 is 1.29 bits per heavy atom. The molecule has 2 heterocycles. The van der Waals surface area contributed by atoms with E-state index >= 15 is 0 Å². The minimum absolute atomic E-state index is 0.00298. The van der Waals surface area contributed by atoms with Crippen molar-refractivity contribution < 1.29 is 9.18 Å². The Morgan fingerprint density at radius 2 is 2.14 bits per heavy atom. The number of amidine groups is 1. The molecule has 0 saturated carbocycles. The lowest BCUT2D eigenvalue weighted by molar-refractivity contribution is -0.117. The third-order valence-electron chi connectivity index (χ3n) is 4.80. The molecule has 4 rings (SSSR count). The number of halogens is 1. The number of rotatable bonds is 5. The van der Waals surface area contributed by atoms with E-state index in [0.29, 0.717) is 22.9 Å². The summed E-state index contributed by atoms with van der Waals surface area (Å²) in [4.78, 5) is 16.5. The fourth-order valence-electron chi connectivity index (χ4n) is 3.41. The van der Waals surface area contributed by atoms with Crippen LogP contribution >= 0.6 is 0 Å². The molecule has 0 spiro atoms. The molecule has 0 saturated heterocycles. The zero-order chi connectivity index (χ0) is 19.7. The molecule has 2 unspecified atom stereocenters. The molecule has 0 bridgehead atoms. The molecule has 8 heteroatoms. The van der Waals surface area contributed by atoms with Crippen LogP contribution in [0.25, 0.3) is 5.57 Å². The predicted octanol–water partition coefficient (Wildman–Crippen LogP) is 1.49. The Balaban J connectivity index is 1.46. The van der Waals surface area contributed by atoms with Gasteiger partial charge in [-0.05, 0) is 24.1 Å². The maximum atomic E-state index is 13.8. The first kappa shape index (κ1) is 18.0. The summed E-state index contributed by atoms with van der Waals surface area (Å²) in [5.74, 6) is 0.121. The van der Waals surface area contributed by atoms with Gasteiger partial charge in [0.25, 0.3) is 0 Å². The Bertz CT molecular complexity index is 1010. The number of aromatic nitrogens is 3. The number of hydrogen-bond donors (Lipinski definition) is 2. The van der Waals surface area contributed by atoms with Crippen molar-refractivity contribution in [3.05, 3.63) is 71.1 Å². The van der Waals surface area contributed by atoms with Crippen molar-refractivity contribution in [1.82, 2.24) is 20.6 Å². The van der Waals surface area contributed by atoms with Gasteiger partial charge in [-0.3, -0.25) is 4.79 Å². The number of benzene rings is 1. The van der Waals surface area contributed by atoms with Crippen molar-refractivity contribution in [2.75, 3.05) is 0 Å². The van der Waals surface area contributed by atoms with E-state index in [0.717, 1.165) is 11.1 Å². The molecule has 1 aromatic carbocycles. The number of fused-ring (bicyclic) bond motifs is 1. The summed E-state index contributed by atoms with van der Waals surface area (Å²) in [6, 6.07) is 4.71. The van der Waals surface area contributed by atoms with Crippen LogP contribution in [0.1, 0.15) is 22.6 Å². The molecule has 28 heavy (non-hydrogen) atoms. The van der Waals surface area contributed by atoms with Crippen molar-refractivity contribution in [1.29, 1.82) is 0 Å². The van der Waals surface area contributed by atoms with Gasteiger partial charge in [-0.1, -0.05) is 35.9 Å². The lowest BCUT2D eigenvalue weighted by Gasteiger charge is -2.21. The summed E-state index contributed by atoms with van der Waals surface area (Å²) in [7, 11) is 0. The largest absolute Gasteiger partial charge is 0.385 e. The van der Waals surface area contributed by atoms with Crippen LogP contribution in [0.5, 0.6) is 0 Å². The SMILES string of the molecule is Cc1ccc(F)c(CC(=O)Cc2ncc(C3=CC=CC4NN=C(N)C34)nn2)c1. The van der Waals surface area contributed by atoms with Gasteiger partial charge in [0.15, 0.2) is 5.82 Å². The molecule has 1 aliphatic heterocycles. The highest BCUT2D eigenvalue weighted by Crippen LogP contribution is 2.30. The number of nitrogens with one attached hydrogen (secondary N) is 1. The van der Waals surface area contributed by atoms with Crippen LogP contribution in [-0.2, 0) is 17.6 Å². The zero-order valence-corrected chi connectivity index (χ0v) is 15.3. The smallest absolute Gasteiger partial charge is 0.158 e. The average Bonchev–Trinajstić information content (AvgIpc) is 3.07. The summed E-state index contributed by atoms with van der Waals surface area (Å²) in [6.07, 6.45) is 7.38. The molecule has 1 aromatic heterocycles. The molecule has 142 valence electrons. The van der Waals surface area contributed by atoms with Crippen molar-refractivity contribution in [3.63, 3.8) is 0 Å². The molecule has 0 amide bonds. The maximum Gasteiger partial charge on any atom is 0.158 e. The number of carbonyl (C=O) groups excluding carboxylic acids is 1. The van der Waals surface area contributed by atoms with Gasteiger partial charge in [0.2, 0.25) is 0 Å². The third-order valence-corrected chi connectivity index (χ3v) is 4.80. The highest BCUT2D eigenvalue weighted by Gasteiger charge is 2.34. The summed E-state index contributed by atoms with van der Waals surface area (Å²) in [5.41, 5.74) is 11.7. The van der Waals surface area contributed by atoms with Gasteiger partial charge in [0.05, 0.1) is 24.6 Å². The molecule has 3 N–H and O–H groups in total. The normalized spacial score (nSPS) is 20.2. The van der Waals surface area contributed by atoms with E-state index in [-0.39, 0.29) is 36.4 Å². The van der Waals surface area contributed by atoms with E-state index in [1.165, 1.54) is 6.07 Å². The van der Waals surface area contributed by atoms with E-state index in [1.54, 1.807) is 18.3 Å². The second kappa shape index (κ2) is 7.30. The van der Waals surface area contributed by atoms with Gasteiger partial charge >= 0.3 is 0 Å². The van der Waals surface area contributed by atoms with Crippen molar-refractivity contribution >= 4 is 17.2 Å². The van der Waals surface area contributed by atoms with Crippen molar-refractivity contribution in [2.24, 2.45) is 16.8 Å². The van der Waals surface area contributed by atoms with Crippen molar-refractivity contribution in [3.8, 4) is 0 Å². The molecular formula is C20H19FN6O. The predicted molar refractivity (Wildman–Crippen MR) is 103 cm³/mol. The second-order valence-electron chi connectivity index (χ2n) is 6.92. The van der Waals surface area contributed by atoms with Crippen molar-refractivity contribution in [2.45, 2.75) is 25.8 Å². The van der Waals surface area contributed by atoms with Crippen LogP contribution in [0, 0.1) is 18.7 Å². The maximum absolute atomic E-state index is 13.8. The first-order valence-corrected chi connectivity index (χ1v) is 8.94. The quantitative estimate of drug-likeness (QED) is 0.816. The number of nitrogens with two attached hydrogens (primary N) is 1. The van der Waals surface area contributed by atoms with Gasteiger partial charge in [0, 0.05) is 6.42 Å². The topological polar surface area (TPSA) is 106 Å². The molecule has 2 aliphatic rings. The summed E-state index contributed by atoms with van der Waals surface area (Å²) in [5, 5.41) is 12.4. The monoisotopic (exact) mass is 378 g/mol. The Kier molecular flexibility index (Phi) is 4.68. The molecule has 2 atom stereocenters. The minimum Gasteiger partial charge on any atom is -0.385 e. The number of aryl methyl sites for hydroxylation is 1. The van der Waals surface area contributed by atoms with Gasteiger partial charge in [0.1, 0.15) is 23.1 Å². The number of nitrogens with zero attached hydrogens (tertiary/aromatic N) is 4. The number of ketones is 1. The first-order chi connectivity index (χ1) is 13.5. The van der Waals surface area contributed by atoms with E-state index in [2.05, 4.69) is 25.7 Å². The second-order valence-corrected chi connectivity index (χ2v) is 6.92. The van der Waals surface area contributed by atoms with Crippen LogP contribution in [0.15, 0.2) is 47.7 Å². The molecule has 2 aromatic rings. The summed E-state index contributed by atoms with van der Waals surface area (Å²) < 4.78 is 13.8. The van der Waals surface area contributed by atoms with E-state index in [4.69, 9.17) is 5.73 Å². The number of carbonyl (C=O) groups is 1. The fraction of sp³-hybridized carbons (Fsp3) is 0.250. The number of hydrogen-bond acceptors (Lipinski definition) is 7. The van der Waals surface area contributed by atoms with Crippen LogP contribution in [0.4, 0.5) is 4.39 Å². The van der Waals surface area contributed by atoms with Gasteiger partial charge in [-0.15, -0.1) is 10.2 Å². The highest BCUT2D eigenvalue weighted by atomic mass is 19.1. The van der Waals surface area contributed by atoms with Gasteiger partial charge in [-0.25, -0.2) is 9.37 Å². The lowest BCUT2D eigenvalue weighted by Crippen LogP contribution is -2.33. The fourth-order valence-corrected chi connectivity index (χ4v) is 3.41. The van der Waals surface area contributed by atoms with Crippen LogP contribution in [0.2, 0.25) is 0 Å².